The van der Waals surface area contributed by atoms with E-state index in [1.807, 2.05) is 0 Å². The third kappa shape index (κ3) is 4.18. The maximum atomic E-state index is 14.0. The van der Waals surface area contributed by atoms with Gasteiger partial charge in [0.25, 0.3) is 5.56 Å². The number of anilines is 1. The number of carbonyl (C=O) groups excluding carboxylic acids is 1. The molecule has 10 heteroatoms. The number of aliphatic hydroxyl groups excluding tert-OH is 1. The Bertz CT molecular complexity index is 1380. The van der Waals surface area contributed by atoms with Gasteiger partial charge in [0.2, 0.25) is 5.91 Å². The fraction of sp³-hybridized carbons (Fsp3) is 0.320. The Balaban J connectivity index is 1.74. The first kappa shape index (κ1) is 23.1. The normalized spacial score (nSPS) is 17.6. The summed E-state index contributed by atoms with van der Waals surface area (Å²) in [5, 5.41) is 14.3. The summed E-state index contributed by atoms with van der Waals surface area (Å²) in [6.07, 6.45) is -3.11. The molecule has 7 nitrogen and oxygen atoms in total. The number of hydrogen-bond donors (Lipinski definition) is 2. The molecule has 1 atom stereocenters. The maximum Gasteiger partial charge on any atom is 0.418 e. The van der Waals surface area contributed by atoms with Crippen molar-refractivity contribution in [3.8, 4) is 16.9 Å². The molecule has 182 valence electrons. The zero-order valence-electron chi connectivity index (χ0n) is 18.7. The summed E-state index contributed by atoms with van der Waals surface area (Å²) < 4.78 is 42.9. The zero-order chi connectivity index (χ0) is 24.9. The summed E-state index contributed by atoms with van der Waals surface area (Å²) in [6.45, 7) is 0.784. The van der Waals surface area contributed by atoms with E-state index in [0.29, 0.717) is 66.8 Å². The van der Waals surface area contributed by atoms with Crippen molar-refractivity contribution in [1.29, 1.82) is 0 Å². The van der Waals surface area contributed by atoms with Crippen molar-refractivity contribution < 1.29 is 23.1 Å². The lowest BCUT2D eigenvalue weighted by atomic mass is 10.0. The molecule has 1 aromatic heterocycles. The number of nitrogens with two attached hydrogens (primary N) is 1. The van der Waals surface area contributed by atoms with Gasteiger partial charge in [-0.1, -0.05) is 12.1 Å². The molecule has 1 amide bonds. The topological polar surface area (TPSA) is 101 Å². The molecule has 0 bridgehead atoms. The molecule has 0 spiro atoms. The standard InChI is InChI=1S/C25H23F3N4O3/c26-25(27,28)20-8-7-16(31-10-9-17(33)13-31)12-21(20)32-24(35)19-6-2-5-18(19)22(30-32)14-3-1-4-15(11-14)23(29)34/h1,3-4,7-8,11-12,17,33H,2,5-6,9-10,13H2,(H2,29,34). The third-order valence-electron chi connectivity index (χ3n) is 6.62. The predicted octanol–water partition coefficient (Wildman–Crippen LogP) is 3.08. The van der Waals surface area contributed by atoms with E-state index in [4.69, 9.17) is 5.73 Å². The van der Waals surface area contributed by atoms with Crippen LogP contribution in [0.1, 0.15) is 39.9 Å². The largest absolute Gasteiger partial charge is 0.418 e. The molecule has 2 aromatic carbocycles. The number of carbonyl (C=O) groups is 1. The summed E-state index contributed by atoms with van der Waals surface area (Å²) in [4.78, 5) is 26.9. The molecule has 1 unspecified atom stereocenters. The van der Waals surface area contributed by atoms with Crippen LogP contribution >= 0.6 is 0 Å². The minimum absolute atomic E-state index is 0.236. The number of rotatable bonds is 4. The molecule has 3 N–H and O–H groups in total. The Morgan fingerprint density at radius 1 is 1.11 bits per heavy atom. The molecule has 1 saturated heterocycles. The summed E-state index contributed by atoms with van der Waals surface area (Å²) in [6, 6.07) is 9.98. The van der Waals surface area contributed by atoms with E-state index in [1.54, 1.807) is 17.0 Å². The van der Waals surface area contributed by atoms with Crippen LogP contribution in [0.3, 0.4) is 0 Å². The van der Waals surface area contributed by atoms with E-state index in [9.17, 15) is 27.9 Å². The number of alkyl halides is 3. The number of fused-ring (bicyclic) bond motifs is 1. The molecule has 1 aliphatic heterocycles. The van der Waals surface area contributed by atoms with Gasteiger partial charge in [-0.05, 0) is 61.6 Å². The van der Waals surface area contributed by atoms with Crippen molar-refractivity contribution in [1.82, 2.24) is 9.78 Å². The van der Waals surface area contributed by atoms with Gasteiger partial charge in [-0.3, -0.25) is 9.59 Å². The highest BCUT2D eigenvalue weighted by atomic mass is 19.4. The molecule has 2 aliphatic rings. The van der Waals surface area contributed by atoms with Crippen molar-refractivity contribution in [2.45, 2.75) is 38.0 Å². The number of aliphatic hydroxyl groups is 1. The van der Waals surface area contributed by atoms with Crippen molar-refractivity contribution in [3.05, 3.63) is 75.1 Å². The lowest BCUT2D eigenvalue weighted by Gasteiger charge is -2.22. The van der Waals surface area contributed by atoms with Crippen LogP contribution in [-0.2, 0) is 19.0 Å². The van der Waals surface area contributed by atoms with Gasteiger partial charge in [0.05, 0.1) is 23.0 Å². The lowest BCUT2D eigenvalue weighted by molar-refractivity contribution is -0.137. The minimum Gasteiger partial charge on any atom is -0.391 e. The Labute approximate surface area is 198 Å². The van der Waals surface area contributed by atoms with Gasteiger partial charge in [0.1, 0.15) is 0 Å². The molecule has 2 heterocycles. The first-order valence-corrected chi connectivity index (χ1v) is 11.3. The third-order valence-corrected chi connectivity index (χ3v) is 6.62. The van der Waals surface area contributed by atoms with E-state index in [2.05, 4.69) is 5.10 Å². The second kappa shape index (κ2) is 8.53. The maximum absolute atomic E-state index is 14.0. The van der Waals surface area contributed by atoms with Crippen LogP contribution in [0, 0.1) is 0 Å². The molecule has 3 aromatic rings. The summed E-state index contributed by atoms with van der Waals surface area (Å²) in [5.41, 5.74) is 6.14. The van der Waals surface area contributed by atoms with E-state index in [-0.39, 0.29) is 11.3 Å². The Hall–Kier alpha value is -3.66. The van der Waals surface area contributed by atoms with Crippen molar-refractivity contribution >= 4 is 11.6 Å². The highest BCUT2D eigenvalue weighted by Gasteiger charge is 2.36. The SMILES string of the molecule is NC(=O)c1cccc(-c2nn(-c3cc(N4CCC(O)C4)ccc3C(F)(F)F)c(=O)c3c2CCC3)c1. The number of nitrogens with zero attached hydrogens (tertiary/aromatic N) is 3. The van der Waals surface area contributed by atoms with Crippen LogP contribution < -0.4 is 16.2 Å². The average molecular weight is 484 g/mol. The van der Waals surface area contributed by atoms with Crippen LogP contribution in [0.5, 0.6) is 0 Å². The van der Waals surface area contributed by atoms with E-state index in [0.717, 1.165) is 10.7 Å². The second-order valence-corrected chi connectivity index (χ2v) is 8.91. The van der Waals surface area contributed by atoms with E-state index >= 15 is 0 Å². The molecule has 0 saturated carbocycles. The van der Waals surface area contributed by atoms with Crippen molar-refractivity contribution in [2.24, 2.45) is 5.73 Å². The summed E-state index contributed by atoms with van der Waals surface area (Å²) in [5.74, 6) is -0.642. The van der Waals surface area contributed by atoms with Gasteiger partial charge in [0.15, 0.2) is 0 Å². The second-order valence-electron chi connectivity index (χ2n) is 8.91. The number of β-amino-alcohol motifs (C(OH)–C–C–N with tert-alkyl or cyclic N) is 1. The average Bonchev–Trinajstić information content (AvgIpc) is 3.48. The Morgan fingerprint density at radius 2 is 1.89 bits per heavy atom. The number of halogens is 3. The zero-order valence-corrected chi connectivity index (χ0v) is 18.7. The number of aromatic nitrogens is 2. The van der Waals surface area contributed by atoms with E-state index < -0.39 is 29.3 Å². The highest BCUT2D eigenvalue weighted by Crippen LogP contribution is 2.37. The summed E-state index contributed by atoms with van der Waals surface area (Å²) >= 11 is 0. The van der Waals surface area contributed by atoms with Crippen LogP contribution in [0.4, 0.5) is 18.9 Å². The van der Waals surface area contributed by atoms with Gasteiger partial charge in [-0.2, -0.15) is 23.0 Å². The lowest BCUT2D eigenvalue weighted by Crippen LogP contribution is -2.29. The van der Waals surface area contributed by atoms with Gasteiger partial charge >= 0.3 is 6.18 Å². The first-order valence-electron chi connectivity index (χ1n) is 11.3. The Kier molecular flexibility index (Phi) is 5.63. The van der Waals surface area contributed by atoms with Gasteiger partial charge in [-0.25, -0.2) is 0 Å². The van der Waals surface area contributed by atoms with Gasteiger partial charge in [0, 0.05) is 35.5 Å². The van der Waals surface area contributed by atoms with Crippen molar-refractivity contribution in [2.75, 3.05) is 18.0 Å². The van der Waals surface area contributed by atoms with E-state index in [1.165, 1.54) is 24.3 Å². The van der Waals surface area contributed by atoms with Crippen LogP contribution in [0.25, 0.3) is 16.9 Å². The molecule has 0 radical (unpaired) electrons. The number of primary amides is 1. The summed E-state index contributed by atoms with van der Waals surface area (Å²) in [7, 11) is 0. The van der Waals surface area contributed by atoms with Crippen LogP contribution in [0.15, 0.2) is 47.3 Å². The van der Waals surface area contributed by atoms with Crippen molar-refractivity contribution in [3.63, 3.8) is 0 Å². The number of amides is 1. The number of hydrogen-bond acceptors (Lipinski definition) is 5. The fourth-order valence-corrected chi connectivity index (χ4v) is 4.90. The quantitative estimate of drug-likeness (QED) is 0.593. The molecule has 5 rings (SSSR count). The molecule has 1 fully saturated rings. The number of benzene rings is 2. The Morgan fingerprint density at radius 3 is 2.57 bits per heavy atom. The molecule has 1 aliphatic carbocycles. The minimum atomic E-state index is -4.72. The van der Waals surface area contributed by atoms with Gasteiger partial charge in [-0.15, -0.1) is 0 Å². The van der Waals surface area contributed by atoms with Crippen LogP contribution in [0.2, 0.25) is 0 Å². The molecule has 35 heavy (non-hydrogen) atoms. The van der Waals surface area contributed by atoms with Gasteiger partial charge < -0.3 is 15.7 Å². The predicted molar refractivity (Wildman–Crippen MR) is 124 cm³/mol. The highest BCUT2D eigenvalue weighted by molar-refractivity contribution is 5.94. The smallest absolute Gasteiger partial charge is 0.391 e. The molecular weight excluding hydrogens is 461 g/mol. The molecular formula is C25H23F3N4O3. The first-order chi connectivity index (χ1) is 16.6. The fourth-order valence-electron chi connectivity index (χ4n) is 4.90. The van der Waals surface area contributed by atoms with Crippen LogP contribution in [-0.4, -0.2) is 40.0 Å². The monoisotopic (exact) mass is 484 g/mol.